The first kappa shape index (κ1) is 10.8. The molecule has 82 valence electrons. The lowest BCUT2D eigenvalue weighted by Crippen LogP contribution is -2.47. The molecule has 1 fully saturated rings. The fourth-order valence-electron chi connectivity index (χ4n) is 1.79. The van der Waals surface area contributed by atoms with Crippen molar-refractivity contribution in [2.75, 3.05) is 43.0 Å². The molecule has 0 N–H and O–H groups in total. The van der Waals surface area contributed by atoms with E-state index in [-0.39, 0.29) is 0 Å². The highest BCUT2D eigenvalue weighted by molar-refractivity contribution is 9.09. The molecular formula is C10H15BrN4. The normalized spacial score (nSPS) is 18.1. The Labute approximate surface area is 98.4 Å². The highest BCUT2D eigenvalue weighted by atomic mass is 79.9. The minimum atomic E-state index is 1.04. The topological polar surface area (TPSA) is 32.3 Å². The van der Waals surface area contributed by atoms with E-state index in [2.05, 4.69) is 35.7 Å². The molecular weight excluding hydrogens is 256 g/mol. The molecule has 0 aromatic carbocycles. The Hall–Kier alpha value is -0.680. The number of piperazine rings is 1. The maximum Gasteiger partial charge on any atom is 0.131 e. The predicted octanol–water partition coefficient (Wildman–Crippen LogP) is 0.993. The number of hydrogen-bond acceptors (Lipinski definition) is 4. The summed E-state index contributed by atoms with van der Waals surface area (Å²) in [6, 6.07) is 1.97. The Kier molecular flexibility index (Phi) is 3.91. The summed E-state index contributed by atoms with van der Waals surface area (Å²) in [7, 11) is 0. The van der Waals surface area contributed by atoms with E-state index in [1.165, 1.54) is 0 Å². The van der Waals surface area contributed by atoms with Gasteiger partial charge in [-0.15, -0.1) is 0 Å². The van der Waals surface area contributed by atoms with Crippen LogP contribution in [0, 0.1) is 0 Å². The molecule has 0 atom stereocenters. The number of alkyl halides is 1. The van der Waals surface area contributed by atoms with Crippen molar-refractivity contribution in [3.8, 4) is 0 Å². The van der Waals surface area contributed by atoms with Gasteiger partial charge in [-0.1, -0.05) is 15.9 Å². The second-order valence-corrected chi connectivity index (χ2v) is 4.38. The molecule has 0 unspecified atom stereocenters. The van der Waals surface area contributed by atoms with Gasteiger partial charge in [-0.05, 0) is 6.07 Å². The van der Waals surface area contributed by atoms with E-state index in [0.717, 1.165) is 43.9 Å². The maximum atomic E-state index is 4.26. The van der Waals surface area contributed by atoms with Crippen molar-refractivity contribution >= 4 is 21.7 Å². The van der Waals surface area contributed by atoms with Gasteiger partial charge in [-0.2, -0.15) is 0 Å². The average Bonchev–Trinajstić information content (AvgIpc) is 2.32. The van der Waals surface area contributed by atoms with E-state index in [9.17, 15) is 0 Å². The molecule has 5 heteroatoms. The second-order valence-electron chi connectivity index (χ2n) is 3.59. The van der Waals surface area contributed by atoms with Crippen LogP contribution in [0.5, 0.6) is 0 Å². The number of hydrogen-bond donors (Lipinski definition) is 0. The molecule has 2 heterocycles. The first-order valence-electron chi connectivity index (χ1n) is 5.19. The van der Waals surface area contributed by atoms with Crippen molar-refractivity contribution in [2.45, 2.75) is 0 Å². The van der Waals surface area contributed by atoms with Crippen LogP contribution in [0.25, 0.3) is 0 Å². The molecule has 0 radical (unpaired) electrons. The lowest BCUT2D eigenvalue weighted by atomic mass is 10.3. The van der Waals surface area contributed by atoms with Crippen molar-refractivity contribution < 1.29 is 0 Å². The molecule has 0 amide bonds. The Morgan fingerprint density at radius 3 is 2.67 bits per heavy atom. The van der Waals surface area contributed by atoms with E-state index >= 15 is 0 Å². The first-order chi connectivity index (χ1) is 7.40. The smallest absolute Gasteiger partial charge is 0.131 e. The van der Waals surface area contributed by atoms with Gasteiger partial charge in [0.25, 0.3) is 0 Å². The summed E-state index contributed by atoms with van der Waals surface area (Å²) in [6.45, 7) is 5.50. The van der Waals surface area contributed by atoms with Crippen LogP contribution >= 0.6 is 15.9 Å². The van der Waals surface area contributed by atoms with E-state index in [0.29, 0.717) is 0 Å². The molecule has 15 heavy (non-hydrogen) atoms. The summed E-state index contributed by atoms with van der Waals surface area (Å²) in [5, 5.41) is 1.06. The van der Waals surface area contributed by atoms with Gasteiger partial charge >= 0.3 is 0 Å². The SMILES string of the molecule is BrCCN1CCN(c2ccncn2)CC1. The van der Waals surface area contributed by atoms with Crippen LogP contribution in [0.2, 0.25) is 0 Å². The number of nitrogens with zero attached hydrogens (tertiary/aromatic N) is 4. The van der Waals surface area contributed by atoms with Crippen LogP contribution < -0.4 is 4.90 Å². The molecule has 1 aromatic rings. The average molecular weight is 271 g/mol. The standard InChI is InChI=1S/C10H15BrN4/c11-2-4-14-5-7-15(8-6-14)10-1-3-12-9-13-10/h1,3,9H,2,4-8H2. The van der Waals surface area contributed by atoms with E-state index < -0.39 is 0 Å². The summed E-state index contributed by atoms with van der Waals surface area (Å²) < 4.78 is 0. The zero-order chi connectivity index (χ0) is 10.5. The van der Waals surface area contributed by atoms with Crippen molar-refractivity contribution in [2.24, 2.45) is 0 Å². The molecule has 2 rings (SSSR count). The van der Waals surface area contributed by atoms with Gasteiger partial charge in [0.15, 0.2) is 0 Å². The van der Waals surface area contributed by atoms with Crippen LogP contribution in [-0.2, 0) is 0 Å². The Balaban J connectivity index is 1.88. The zero-order valence-corrected chi connectivity index (χ0v) is 10.2. The maximum absolute atomic E-state index is 4.26. The predicted molar refractivity (Wildman–Crippen MR) is 64.5 cm³/mol. The minimum Gasteiger partial charge on any atom is -0.354 e. The van der Waals surface area contributed by atoms with Gasteiger partial charge < -0.3 is 4.90 Å². The molecule has 0 saturated carbocycles. The minimum absolute atomic E-state index is 1.04. The van der Waals surface area contributed by atoms with Crippen LogP contribution in [0.3, 0.4) is 0 Å². The molecule has 1 aliphatic rings. The molecule has 0 aliphatic carbocycles. The van der Waals surface area contributed by atoms with Crippen molar-refractivity contribution in [1.29, 1.82) is 0 Å². The van der Waals surface area contributed by atoms with Crippen LogP contribution in [0.1, 0.15) is 0 Å². The van der Waals surface area contributed by atoms with Crippen molar-refractivity contribution in [1.82, 2.24) is 14.9 Å². The molecule has 1 aromatic heterocycles. The van der Waals surface area contributed by atoms with Gasteiger partial charge in [0.1, 0.15) is 12.1 Å². The lowest BCUT2D eigenvalue weighted by molar-refractivity contribution is 0.273. The van der Waals surface area contributed by atoms with Crippen molar-refractivity contribution in [3.63, 3.8) is 0 Å². The van der Waals surface area contributed by atoms with Gasteiger partial charge in [-0.25, -0.2) is 9.97 Å². The molecule has 0 bridgehead atoms. The summed E-state index contributed by atoms with van der Waals surface area (Å²) >= 11 is 3.47. The summed E-state index contributed by atoms with van der Waals surface area (Å²) in [5.74, 6) is 1.04. The monoisotopic (exact) mass is 270 g/mol. The number of aromatic nitrogens is 2. The van der Waals surface area contributed by atoms with Crippen molar-refractivity contribution in [3.05, 3.63) is 18.6 Å². The first-order valence-corrected chi connectivity index (χ1v) is 6.31. The quantitative estimate of drug-likeness (QED) is 0.768. The third kappa shape index (κ3) is 2.89. The van der Waals surface area contributed by atoms with Gasteiger partial charge in [-0.3, -0.25) is 4.90 Å². The van der Waals surface area contributed by atoms with E-state index in [1.54, 1.807) is 12.5 Å². The van der Waals surface area contributed by atoms with E-state index in [1.807, 2.05) is 6.07 Å². The van der Waals surface area contributed by atoms with Gasteiger partial charge in [0, 0.05) is 44.3 Å². The van der Waals surface area contributed by atoms with Crippen LogP contribution in [0.4, 0.5) is 5.82 Å². The highest BCUT2D eigenvalue weighted by Crippen LogP contribution is 2.11. The van der Waals surface area contributed by atoms with Gasteiger partial charge in [0.05, 0.1) is 0 Å². The van der Waals surface area contributed by atoms with E-state index in [4.69, 9.17) is 0 Å². The number of rotatable bonds is 3. The summed E-state index contributed by atoms with van der Waals surface area (Å²) in [5.41, 5.74) is 0. The third-order valence-electron chi connectivity index (χ3n) is 2.66. The molecule has 1 saturated heterocycles. The highest BCUT2D eigenvalue weighted by Gasteiger charge is 2.16. The number of halogens is 1. The summed E-state index contributed by atoms with van der Waals surface area (Å²) in [6.07, 6.45) is 3.41. The third-order valence-corrected chi connectivity index (χ3v) is 3.02. The Morgan fingerprint density at radius 2 is 2.07 bits per heavy atom. The number of anilines is 1. The molecule has 1 aliphatic heterocycles. The Bertz CT molecular complexity index is 285. The Morgan fingerprint density at radius 1 is 1.27 bits per heavy atom. The zero-order valence-electron chi connectivity index (χ0n) is 8.64. The van der Waals surface area contributed by atoms with Crippen LogP contribution in [0.15, 0.2) is 18.6 Å². The fraction of sp³-hybridized carbons (Fsp3) is 0.600. The lowest BCUT2D eigenvalue weighted by Gasteiger charge is -2.34. The molecule has 4 nitrogen and oxygen atoms in total. The van der Waals surface area contributed by atoms with Crippen LogP contribution in [-0.4, -0.2) is 52.9 Å². The summed E-state index contributed by atoms with van der Waals surface area (Å²) in [4.78, 5) is 13.0. The van der Waals surface area contributed by atoms with Gasteiger partial charge in [0.2, 0.25) is 0 Å². The fourth-order valence-corrected chi connectivity index (χ4v) is 2.29. The second kappa shape index (κ2) is 5.42. The largest absolute Gasteiger partial charge is 0.354 e. The molecule has 0 spiro atoms.